The van der Waals surface area contributed by atoms with Crippen LogP contribution in [0.1, 0.15) is 53.9 Å². The Bertz CT molecular complexity index is 714. The molecule has 5 atom stereocenters. The number of nitrogens with two attached hydrogens (primary N) is 2. The van der Waals surface area contributed by atoms with Crippen LogP contribution >= 0.6 is 0 Å². The van der Waals surface area contributed by atoms with Crippen molar-refractivity contribution in [3.8, 4) is 0 Å². The van der Waals surface area contributed by atoms with Crippen molar-refractivity contribution in [1.82, 2.24) is 21.3 Å². The number of aliphatic carboxylic acids is 1. The number of carbonyl (C=O) groups excluding carboxylic acids is 3. The van der Waals surface area contributed by atoms with Crippen LogP contribution in [-0.2, 0) is 19.2 Å². The molecule has 0 bridgehead atoms. The van der Waals surface area contributed by atoms with Crippen molar-refractivity contribution < 1.29 is 29.4 Å². The number of amides is 3. The van der Waals surface area contributed by atoms with Gasteiger partial charge in [0.2, 0.25) is 17.7 Å². The molecule has 0 aromatic heterocycles. The van der Waals surface area contributed by atoms with E-state index in [-0.39, 0.29) is 37.2 Å². The second-order valence-electron chi connectivity index (χ2n) is 9.07. The minimum Gasteiger partial charge on any atom is -0.480 e. The molecule has 0 spiro atoms. The minimum atomic E-state index is -1.23. The lowest BCUT2D eigenvalue weighted by Crippen LogP contribution is -2.59. The zero-order chi connectivity index (χ0) is 26.6. The first-order valence-corrected chi connectivity index (χ1v) is 11.3. The summed E-state index contributed by atoms with van der Waals surface area (Å²) in [6, 6.07) is -4.48. The van der Waals surface area contributed by atoms with Crippen molar-refractivity contribution in [1.29, 1.82) is 5.41 Å². The summed E-state index contributed by atoms with van der Waals surface area (Å²) in [5.41, 5.74) is 10.8. The fraction of sp³-hybridized carbons (Fsp3) is 0.762. The molecule has 0 aliphatic carbocycles. The quantitative estimate of drug-likeness (QED) is 0.0719. The fourth-order valence-electron chi connectivity index (χ4n) is 3.03. The molecular formula is C21H41N7O6. The van der Waals surface area contributed by atoms with Crippen molar-refractivity contribution in [3.05, 3.63) is 0 Å². The minimum absolute atomic E-state index is 0.0187. The molecule has 0 saturated heterocycles. The molecule has 196 valence electrons. The largest absolute Gasteiger partial charge is 0.480 e. The van der Waals surface area contributed by atoms with Gasteiger partial charge in [0, 0.05) is 6.54 Å². The van der Waals surface area contributed by atoms with Crippen LogP contribution in [0.25, 0.3) is 0 Å². The van der Waals surface area contributed by atoms with Gasteiger partial charge in [0.15, 0.2) is 5.96 Å². The Labute approximate surface area is 200 Å². The molecule has 0 saturated carbocycles. The van der Waals surface area contributed by atoms with Crippen LogP contribution in [0.15, 0.2) is 0 Å². The first kappa shape index (κ1) is 31.1. The molecule has 0 heterocycles. The highest BCUT2D eigenvalue weighted by Crippen LogP contribution is 2.09. The third-order valence-corrected chi connectivity index (χ3v) is 5.01. The average Bonchev–Trinajstić information content (AvgIpc) is 2.71. The molecule has 0 fully saturated rings. The summed E-state index contributed by atoms with van der Waals surface area (Å²) in [6.45, 7) is 8.71. The topological polar surface area (TPSA) is 233 Å². The zero-order valence-corrected chi connectivity index (χ0v) is 20.6. The maximum absolute atomic E-state index is 13.0. The summed E-state index contributed by atoms with van der Waals surface area (Å²) in [6.07, 6.45) is -0.432. The summed E-state index contributed by atoms with van der Waals surface area (Å²) in [4.78, 5) is 49.6. The number of guanidine groups is 1. The standard InChI is InChI=1S/C21H41N7O6/c1-10(2)9-14(27-18(31)15(22)12(5)29)17(30)28-16(11(3)4)19(32)26-13(20(33)34)7-6-8-25-21(23)24/h10-16,29H,6-9,22H2,1-5H3,(H,26,32)(H,27,31)(H,28,30)(H,33,34)(H4,23,24,25)/t12-,13+,14+,15+,16+/m1/s1. The van der Waals surface area contributed by atoms with Gasteiger partial charge in [-0.15, -0.1) is 0 Å². The lowest BCUT2D eigenvalue weighted by molar-refractivity contribution is -0.143. The first-order valence-electron chi connectivity index (χ1n) is 11.3. The number of carboxylic acid groups (broad SMARTS) is 1. The number of rotatable bonds is 15. The van der Waals surface area contributed by atoms with Gasteiger partial charge in [0.05, 0.1) is 6.10 Å². The molecule has 0 rings (SSSR count). The molecule has 0 unspecified atom stereocenters. The van der Waals surface area contributed by atoms with Gasteiger partial charge in [-0.1, -0.05) is 27.7 Å². The Balaban J connectivity index is 5.34. The normalized spacial score (nSPS) is 15.6. The van der Waals surface area contributed by atoms with Crippen LogP contribution in [0, 0.1) is 17.2 Å². The van der Waals surface area contributed by atoms with E-state index in [0.29, 0.717) is 6.42 Å². The second kappa shape index (κ2) is 15.1. The molecule has 0 aliphatic rings. The van der Waals surface area contributed by atoms with E-state index >= 15 is 0 Å². The zero-order valence-electron chi connectivity index (χ0n) is 20.6. The SMILES string of the molecule is CC(C)C[C@H](NC(=O)[C@@H](N)[C@@H](C)O)C(=O)N[C@H](C(=O)N[C@@H](CCCNC(=N)N)C(=O)O)C(C)C. The van der Waals surface area contributed by atoms with E-state index in [9.17, 15) is 29.4 Å². The number of carbonyl (C=O) groups is 4. The molecule has 0 aliphatic heterocycles. The van der Waals surface area contributed by atoms with E-state index in [2.05, 4.69) is 21.3 Å². The van der Waals surface area contributed by atoms with Gasteiger partial charge in [-0.05, 0) is 38.0 Å². The van der Waals surface area contributed by atoms with E-state index in [4.69, 9.17) is 16.9 Å². The van der Waals surface area contributed by atoms with Crippen LogP contribution in [0.5, 0.6) is 0 Å². The third-order valence-electron chi connectivity index (χ3n) is 5.01. The van der Waals surface area contributed by atoms with Gasteiger partial charge in [-0.2, -0.15) is 0 Å². The molecule has 3 amide bonds. The average molecular weight is 488 g/mol. The summed E-state index contributed by atoms with van der Waals surface area (Å²) in [5, 5.41) is 36.2. The van der Waals surface area contributed by atoms with Crippen molar-refractivity contribution in [2.24, 2.45) is 23.3 Å². The highest BCUT2D eigenvalue weighted by molar-refractivity contribution is 5.94. The highest BCUT2D eigenvalue weighted by atomic mass is 16.4. The van der Waals surface area contributed by atoms with Crippen molar-refractivity contribution in [2.45, 2.75) is 84.2 Å². The number of aliphatic hydroxyl groups excluding tert-OH is 1. The summed E-state index contributed by atoms with van der Waals surface area (Å²) in [7, 11) is 0. The number of hydrogen-bond acceptors (Lipinski definition) is 7. The van der Waals surface area contributed by atoms with E-state index < -0.39 is 54.0 Å². The predicted octanol–water partition coefficient (Wildman–Crippen LogP) is -1.80. The van der Waals surface area contributed by atoms with Gasteiger partial charge in [0.1, 0.15) is 24.2 Å². The Morgan fingerprint density at radius 1 is 0.912 bits per heavy atom. The molecule has 13 heteroatoms. The molecule has 34 heavy (non-hydrogen) atoms. The second-order valence-corrected chi connectivity index (χ2v) is 9.07. The van der Waals surface area contributed by atoms with Crippen molar-refractivity contribution in [2.75, 3.05) is 6.54 Å². The summed E-state index contributed by atoms with van der Waals surface area (Å²) in [5.74, 6) is -3.83. The molecule has 0 radical (unpaired) electrons. The maximum Gasteiger partial charge on any atom is 0.326 e. The number of nitrogens with one attached hydrogen (secondary N) is 5. The Morgan fingerprint density at radius 3 is 1.91 bits per heavy atom. The van der Waals surface area contributed by atoms with Crippen molar-refractivity contribution >= 4 is 29.7 Å². The van der Waals surface area contributed by atoms with Crippen molar-refractivity contribution in [3.63, 3.8) is 0 Å². The Hall–Kier alpha value is -2.93. The molecule has 0 aromatic carbocycles. The van der Waals surface area contributed by atoms with Gasteiger partial charge in [-0.3, -0.25) is 19.8 Å². The smallest absolute Gasteiger partial charge is 0.326 e. The number of hydrogen-bond donors (Lipinski definition) is 9. The van der Waals surface area contributed by atoms with Crippen LogP contribution in [0.4, 0.5) is 0 Å². The van der Waals surface area contributed by atoms with Crippen LogP contribution in [0.3, 0.4) is 0 Å². The molecule has 11 N–H and O–H groups in total. The fourth-order valence-corrected chi connectivity index (χ4v) is 3.03. The predicted molar refractivity (Wildman–Crippen MR) is 127 cm³/mol. The molecule has 13 nitrogen and oxygen atoms in total. The number of carboxylic acids is 1. The van der Waals surface area contributed by atoms with E-state index in [1.165, 1.54) is 6.92 Å². The highest BCUT2D eigenvalue weighted by Gasteiger charge is 2.32. The Morgan fingerprint density at radius 2 is 1.47 bits per heavy atom. The van der Waals surface area contributed by atoms with Gasteiger partial charge >= 0.3 is 5.97 Å². The summed E-state index contributed by atoms with van der Waals surface area (Å²) < 4.78 is 0. The van der Waals surface area contributed by atoms with Crippen LogP contribution < -0.4 is 32.7 Å². The van der Waals surface area contributed by atoms with E-state index in [0.717, 1.165) is 0 Å². The van der Waals surface area contributed by atoms with E-state index in [1.54, 1.807) is 13.8 Å². The monoisotopic (exact) mass is 487 g/mol. The summed E-state index contributed by atoms with van der Waals surface area (Å²) >= 11 is 0. The molecule has 0 aromatic rings. The van der Waals surface area contributed by atoms with Gasteiger partial charge in [-0.25, -0.2) is 4.79 Å². The van der Waals surface area contributed by atoms with E-state index in [1.807, 2.05) is 13.8 Å². The van der Waals surface area contributed by atoms with Crippen LogP contribution in [-0.4, -0.2) is 76.7 Å². The number of aliphatic hydroxyl groups is 1. The lowest BCUT2D eigenvalue weighted by Gasteiger charge is -2.28. The third kappa shape index (κ3) is 11.8. The Kier molecular flexibility index (Phi) is 13.8. The first-order chi connectivity index (χ1) is 15.7. The maximum atomic E-state index is 13.0. The van der Waals surface area contributed by atoms with Gasteiger partial charge in [0.25, 0.3) is 0 Å². The van der Waals surface area contributed by atoms with Gasteiger partial charge < -0.3 is 42.9 Å². The van der Waals surface area contributed by atoms with Crippen LogP contribution in [0.2, 0.25) is 0 Å². The molecular weight excluding hydrogens is 446 g/mol. The lowest BCUT2D eigenvalue weighted by atomic mass is 9.99.